The second-order valence-corrected chi connectivity index (χ2v) is 15.9. The fraction of sp³-hybridized carbons (Fsp3) is 0.525. The second kappa shape index (κ2) is 13.3. The Morgan fingerprint density at radius 1 is 0.979 bits per heavy atom. The van der Waals surface area contributed by atoms with Crippen molar-refractivity contribution in [2.45, 2.75) is 96.1 Å². The van der Waals surface area contributed by atoms with Crippen LogP contribution in [0.1, 0.15) is 66.4 Å². The highest BCUT2D eigenvalue weighted by Gasteiger charge is 2.79. The van der Waals surface area contributed by atoms with Crippen LogP contribution in [-0.4, -0.2) is 81.1 Å². The summed E-state index contributed by atoms with van der Waals surface area (Å²) in [7, 11) is 0. The van der Waals surface area contributed by atoms with E-state index in [0.717, 1.165) is 5.56 Å². The first-order valence-corrected chi connectivity index (χ1v) is 17.2. The Bertz CT molecular complexity index is 1520. The van der Waals surface area contributed by atoms with E-state index in [4.69, 9.17) is 4.74 Å². The number of para-hydroxylation sites is 1. The first-order valence-electron chi connectivity index (χ1n) is 17.2. The Hall–Kier alpha value is -3.75. The van der Waals surface area contributed by atoms with E-state index in [-0.39, 0.29) is 42.8 Å². The van der Waals surface area contributed by atoms with E-state index in [1.165, 1.54) is 0 Å². The van der Waals surface area contributed by atoms with Crippen LogP contribution < -0.4 is 4.90 Å². The standard InChI is InChI=1S/C40H53N3O5/c1-9-23-41(29-19-15-12-16-20-29)34(45)31-32-35(46)43(30(26-44)25-28-17-13-11-14-18-28)33(40(32)22-21-39(31,8)48-40)36(47)42(24-10-2)38(6,7)27-37(3,4)5/h9-20,30-33,44H,1-2,21-27H2,3-8H3/t30-,31+,32+,33?,39-,40?/m1/s1. The average molecular weight is 656 g/mol. The summed E-state index contributed by atoms with van der Waals surface area (Å²) in [4.78, 5) is 50.2. The molecule has 3 aliphatic rings. The number of aliphatic hydroxyl groups excluding tert-OH is 1. The maximum Gasteiger partial charge on any atom is 0.249 e. The number of likely N-dealkylation sites (tertiary alicyclic amines) is 1. The molecule has 3 heterocycles. The molecular formula is C40H53N3O5. The summed E-state index contributed by atoms with van der Waals surface area (Å²) in [6.45, 7) is 20.5. The smallest absolute Gasteiger partial charge is 0.249 e. The van der Waals surface area contributed by atoms with E-state index in [0.29, 0.717) is 31.4 Å². The van der Waals surface area contributed by atoms with Gasteiger partial charge >= 0.3 is 0 Å². The van der Waals surface area contributed by atoms with Crippen LogP contribution in [0.15, 0.2) is 86.0 Å². The molecule has 0 saturated carbocycles. The van der Waals surface area contributed by atoms with Crippen molar-refractivity contribution < 1.29 is 24.2 Å². The van der Waals surface area contributed by atoms with Crippen molar-refractivity contribution in [2.75, 3.05) is 24.6 Å². The highest BCUT2D eigenvalue weighted by atomic mass is 16.5. The van der Waals surface area contributed by atoms with Crippen molar-refractivity contribution in [3.63, 3.8) is 0 Å². The molecule has 1 N–H and O–H groups in total. The minimum Gasteiger partial charge on any atom is -0.394 e. The molecule has 0 aromatic heterocycles. The molecule has 2 bridgehead atoms. The van der Waals surface area contributed by atoms with Gasteiger partial charge in [-0.3, -0.25) is 14.4 Å². The number of amides is 3. The lowest BCUT2D eigenvalue weighted by Crippen LogP contribution is -2.62. The number of ether oxygens (including phenoxy) is 1. The minimum atomic E-state index is -1.23. The summed E-state index contributed by atoms with van der Waals surface area (Å²) in [5.41, 5.74) is -1.22. The topological polar surface area (TPSA) is 90.4 Å². The van der Waals surface area contributed by atoms with Crippen molar-refractivity contribution in [1.82, 2.24) is 9.80 Å². The highest BCUT2D eigenvalue weighted by Crippen LogP contribution is 2.64. The summed E-state index contributed by atoms with van der Waals surface area (Å²) in [6.07, 6.45) is 5.44. The zero-order valence-electron chi connectivity index (χ0n) is 29.5. The predicted octanol–water partition coefficient (Wildman–Crippen LogP) is 5.80. The maximum atomic E-state index is 15.3. The van der Waals surface area contributed by atoms with Gasteiger partial charge in [0.05, 0.1) is 30.1 Å². The van der Waals surface area contributed by atoms with Crippen LogP contribution in [0.2, 0.25) is 0 Å². The van der Waals surface area contributed by atoms with Gasteiger partial charge in [-0.15, -0.1) is 13.2 Å². The van der Waals surface area contributed by atoms with Gasteiger partial charge in [0, 0.05) is 24.3 Å². The van der Waals surface area contributed by atoms with Gasteiger partial charge in [-0.25, -0.2) is 0 Å². The fourth-order valence-electron chi connectivity index (χ4n) is 9.08. The lowest BCUT2D eigenvalue weighted by molar-refractivity contribution is -0.158. The molecule has 3 fully saturated rings. The number of anilines is 1. The Labute approximate surface area is 286 Å². The Morgan fingerprint density at radius 2 is 1.58 bits per heavy atom. The van der Waals surface area contributed by atoms with Gasteiger partial charge < -0.3 is 24.5 Å². The number of aliphatic hydroxyl groups is 1. The predicted molar refractivity (Wildman–Crippen MR) is 189 cm³/mol. The summed E-state index contributed by atoms with van der Waals surface area (Å²) < 4.78 is 7.00. The normalized spacial score (nSPS) is 27.0. The van der Waals surface area contributed by atoms with Gasteiger partial charge in [0.15, 0.2) is 0 Å². The highest BCUT2D eigenvalue weighted by molar-refractivity contribution is 6.03. The number of fused-ring (bicyclic) bond motifs is 1. The number of rotatable bonds is 13. The molecule has 0 aliphatic carbocycles. The molecule has 2 unspecified atom stereocenters. The molecule has 3 amide bonds. The van der Waals surface area contributed by atoms with E-state index >= 15 is 9.59 Å². The number of carbonyl (C=O) groups is 3. The van der Waals surface area contributed by atoms with Crippen molar-refractivity contribution in [3.8, 4) is 0 Å². The average Bonchev–Trinajstić information content (AvgIpc) is 3.61. The summed E-state index contributed by atoms with van der Waals surface area (Å²) in [5, 5.41) is 10.9. The van der Waals surface area contributed by atoms with Crippen molar-refractivity contribution in [1.29, 1.82) is 0 Å². The van der Waals surface area contributed by atoms with Crippen LogP contribution in [0.3, 0.4) is 0 Å². The number of hydrogen-bond acceptors (Lipinski definition) is 5. The zero-order chi connectivity index (χ0) is 35.1. The number of nitrogens with zero attached hydrogens (tertiary/aromatic N) is 3. The van der Waals surface area contributed by atoms with Crippen LogP contribution in [0.5, 0.6) is 0 Å². The van der Waals surface area contributed by atoms with E-state index in [9.17, 15) is 9.90 Å². The Balaban J connectivity index is 1.65. The zero-order valence-corrected chi connectivity index (χ0v) is 29.5. The molecule has 2 aromatic rings. The lowest BCUT2D eigenvalue weighted by atomic mass is 9.65. The number of hydrogen-bond donors (Lipinski definition) is 1. The molecule has 1 spiro atoms. The third-order valence-electron chi connectivity index (χ3n) is 10.5. The molecular weight excluding hydrogens is 602 g/mol. The van der Waals surface area contributed by atoms with E-state index in [1.807, 2.05) is 72.5 Å². The summed E-state index contributed by atoms with van der Waals surface area (Å²) in [5.74, 6) is -2.50. The quantitative estimate of drug-likeness (QED) is 0.276. The van der Waals surface area contributed by atoms with Gasteiger partial charge in [0.2, 0.25) is 17.7 Å². The van der Waals surface area contributed by atoms with Crippen molar-refractivity contribution >= 4 is 23.4 Å². The number of benzene rings is 2. The molecule has 3 saturated heterocycles. The van der Waals surface area contributed by atoms with Gasteiger partial charge in [-0.2, -0.15) is 0 Å². The third kappa shape index (κ3) is 6.25. The first kappa shape index (κ1) is 35.6. The van der Waals surface area contributed by atoms with Gasteiger partial charge in [-0.05, 0) is 69.6 Å². The first-order chi connectivity index (χ1) is 22.6. The maximum absolute atomic E-state index is 15.3. The minimum absolute atomic E-state index is 0.0878. The molecule has 2 aromatic carbocycles. The second-order valence-electron chi connectivity index (χ2n) is 15.9. The van der Waals surface area contributed by atoms with E-state index in [2.05, 4.69) is 47.8 Å². The van der Waals surface area contributed by atoms with Crippen LogP contribution in [0.25, 0.3) is 0 Å². The molecule has 258 valence electrons. The van der Waals surface area contributed by atoms with Gasteiger partial charge in [0.25, 0.3) is 0 Å². The lowest BCUT2D eigenvalue weighted by Gasteiger charge is -2.46. The molecule has 6 atom stereocenters. The molecule has 8 heteroatoms. The largest absolute Gasteiger partial charge is 0.394 e. The van der Waals surface area contributed by atoms with Crippen molar-refractivity contribution in [2.24, 2.45) is 17.3 Å². The summed E-state index contributed by atoms with van der Waals surface area (Å²) in [6, 6.07) is 17.3. The van der Waals surface area contributed by atoms with Gasteiger partial charge in [0.1, 0.15) is 11.6 Å². The summed E-state index contributed by atoms with van der Waals surface area (Å²) >= 11 is 0. The van der Waals surface area contributed by atoms with E-state index < -0.39 is 40.7 Å². The van der Waals surface area contributed by atoms with Gasteiger partial charge in [-0.1, -0.05) is 81.5 Å². The molecule has 48 heavy (non-hydrogen) atoms. The van der Waals surface area contributed by atoms with Crippen molar-refractivity contribution in [3.05, 3.63) is 91.5 Å². The van der Waals surface area contributed by atoms with Crippen LogP contribution in [0, 0.1) is 17.3 Å². The molecule has 8 nitrogen and oxygen atoms in total. The Morgan fingerprint density at radius 3 is 2.15 bits per heavy atom. The number of carbonyl (C=O) groups excluding carboxylic acids is 3. The monoisotopic (exact) mass is 655 g/mol. The van der Waals surface area contributed by atoms with Crippen LogP contribution in [-0.2, 0) is 25.5 Å². The Kier molecular flexibility index (Phi) is 9.84. The molecule has 0 radical (unpaired) electrons. The third-order valence-corrected chi connectivity index (χ3v) is 10.5. The van der Waals surface area contributed by atoms with Crippen LogP contribution >= 0.6 is 0 Å². The van der Waals surface area contributed by atoms with Crippen LogP contribution in [0.4, 0.5) is 5.69 Å². The molecule has 5 rings (SSSR count). The SMILES string of the molecule is C=CCN(C(=O)[C@@H]1[C@H]2C(=O)N([C@@H](CO)Cc3ccccc3)C(C(=O)N(CC=C)C(C)(C)CC(C)(C)C)C23CC[C@@]1(C)O3)c1ccccc1. The fourth-order valence-corrected chi connectivity index (χ4v) is 9.08. The molecule has 3 aliphatic heterocycles. The van der Waals surface area contributed by atoms with E-state index in [1.54, 1.807) is 22.0 Å².